The molecule has 6 nitrogen and oxygen atoms in total. The number of carboxylic acids is 1. The molecule has 100 valence electrons. The molecule has 0 saturated heterocycles. The Hall–Kier alpha value is -1.66. The largest absolute Gasteiger partial charge is 0.478 e. The van der Waals surface area contributed by atoms with Crippen LogP contribution in [0.2, 0.25) is 0 Å². The van der Waals surface area contributed by atoms with Gasteiger partial charge in [0, 0.05) is 13.2 Å². The van der Waals surface area contributed by atoms with Crippen LogP contribution in [0.5, 0.6) is 0 Å². The van der Waals surface area contributed by atoms with Gasteiger partial charge in [0.05, 0.1) is 24.5 Å². The first-order chi connectivity index (χ1) is 8.65. The fourth-order valence-corrected chi connectivity index (χ4v) is 1.44. The number of aryl methyl sites for hydroxylation is 1. The lowest BCUT2D eigenvalue weighted by Gasteiger charge is -2.07. The average molecular weight is 254 g/mol. The van der Waals surface area contributed by atoms with Crippen molar-refractivity contribution >= 4 is 11.8 Å². The lowest BCUT2D eigenvalue weighted by molar-refractivity contribution is 0.0695. The maximum Gasteiger partial charge on any atom is 0.337 e. The molecule has 0 bridgehead atoms. The number of carbonyl (C=O) groups is 1. The standard InChI is InChI=1S/C12H18N2O4/c1-9-10(12(16)17)3-4-11(14-9)13-5-2-7-18-8-6-15/h3-4,15H,2,5-8H2,1H3,(H,13,14)(H,16,17). The molecule has 0 aromatic carbocycles. The predicted octanol–water partition coefficient (Wildman–Crippen LogP) is 0.899. The van der Waals surface area contributed by atoms with E-state index in [1.54, 1.807) is 13.0 Å². The van der Waals surface area contributed by atoms with Gasteiger partial charge in [0.15, 0.2) is 0 Å². The van der Waals surface area contributed by atoms with Gasteiger partial charge < -0.3 is 20.3 Å². The third-order valence-corrected chi connectivity index (χ3v) is 2.32. The number of aromatic carboxylic acids is 1. The minimum atomic E-state index is -0.969. The first kappa shape index (κ1) is 14.4. The van der Waals surface area contributed by atoms with Crippen molar-refractivity contribution in [2.45, 2.75) is 13.3 Å². The summed E-state index contributed by atoms with van der Waals surface area (Å²) < 4.78 is 5.11. The summed E-state index contributed by atoms with van der Waals surface area (Å²) in [5, 5.41) is 20.4. The number of nitrogens with zero attached hydrogens (tertiary/aromatic N) is 1. The SMILES string of the molecule is Cc1nc(NCCCOCCO)ccc1C(=O)O. The van der Waals surface area contributed by atoms with Crippen molar-refractivity contribution in [1.29, 1.82) is 0 Å². The van der Waals surface area contributed by atoms with Crippen LogP contribution < -0.4 is 5.32 Å². The van der Waals surface area contributed by atoms with Crippen molar-refractivity contribution < 1.29 is 19.7 Å². The quantitative estimate of drug-likeness (QED) is 0.597. The van der Waals surface area contributed by atoms with Crippen LogP contribution in [0.25, 0.3) is 0 Å². The zero-order chi connectivity index (χ0) is 13.4. The Morgan fingerprint density at radius 3 is 2.83 bits per heavy atom. The summed E-state index contributed by atoms with van der Waals surface area (Å²) in [6.07, 6.45) is 0.793. The molecule has 1 rings (SSSR count). The topological polar surface area (TPSA) is 91.7 Å². The van der Waals surface area contributed by atoms with E-state index in [-0.39, 0.29) is 12.2 Å². The molecule has 0 aliphatic rings. The van der Waals surface area contributed by atoms with E-state index < -0.39 is 5.97 Å². The monoisotopic (exact) mass is 254 g/mol. The van der Waals surface area contributed by atoms with E-state index in [2.05, 4.69) is 10.3 Å². The Morgan fingerprint density at radius 1 is 1.44 bits per heavy atom. The van der Waals surface area contributed by atoms with E-state index in [0.29, 0.717) is 31.3 Å². The lowest BCUT2D eigenvalue weighted by atomic mass is 10.2. The fourth-order valence-electron chi connectivity index (χ4n) is 1.44. The summed E-state index contributed by atoms with van der Waals surface area (Å²) in [7, 11) is 0. The molecule has 0 unspecified atom stereocenters. The van der Waals surface area contributed by atoms with Crippen molar-refractivity contribution in [2.24, 2.45) is 0 Å². The summed E-state index contributed by atoms with van der Waals surface area (Å²) in [5.74, 6) is -0.316. The molecule has 1 aromatic rings. The number of nitrogens with one attached hydrogen (secondary N) is 1. The zero-order valence-electron chi connectivity index (χ0n) is 10.3. The van der Waals surface area contributed by atoms with Crippen LogP contribution in [0, 0.1) is 6.92 Å². The molecule has 0 amide bonds. The van der Waals surface area contributed by atoms with Crippen LogP contribution >= 0.6 is 0 Å². The highest BCUT2D eigenvalue weighted by atomic mass is 16.5. The third-order valence-electron chi connectivity index (χ3n) is 2.32. The van der Waals surface area contributed by atoms with Crippen molar-refractivity contribution in [2.75, 3.05) is 31.7 Å². The number of rotatable bonds is 8. The van der Waals surface area contributed by atoms with Crippen molar-refractivity contribution in [3.8, 4) is 0 Å². The van der Waals surface area contributed by atoms with E-state index in [1.165, 1.54) is 6.07 Å². The highest BCUT2D eigenvalue weighted by Crippen LogP contribution is 2.10. The van der Waals surface area contributed by atoms with E-state index in [0.717, 1.165) is 6.42 Å². The second kappa shape index (κ2) is 7.62. The van der Waals surface area contributed by atoms with Gasteiger partial charge in [-0.25, -0.2) is 9.78 Å². The van der Waals surface area contributed by atoms with Gasteiger partial charge in [0.1, 0.15) is 5.82 Å². The molecule has 0 radical (unpaired) electrons. The fraction of sp³-hybridized carbons (Fsp3) is 0.500. The van der Waals surface area contributed by atoms with Gasteiger partial charge in [0.25, 0.3) is 0 Å². The number of hydrogen-bond acceptors (Lipinski definition) is 5. The summed E-state index contributed by atoms with van der Waals surface area (Å²) in [5.41, 5.74) is 0.704. The first-order valence-electron chi connectivity index (χ1n) is 5.78. The van der Waals surface area contributed by atoms with E-state index in [4.69, 9.17) is 14.9 Å². The number of ether oxygens (including phenoxy) is 1. The van der Waals surface area contributed by atoms with E-state index in [9.17, 15) is 4.79 Å². The van der Waals surface area contributed by atoms with Crippen molar-refractivity contribution in [3.63, 3.8) is 0 Å². The van der Waals surface area contributed by atoms with E-state index in [1.807, 2.05) is 0 Å². The molecule has 1 aromatic heterocycles. The third kappa shape index (κ3) is 4.68. The van der Waals surface area contributed by atoms with E-state index >= 15 is 0 Å². The van der Waals surface area contributed by atoms with Crippen LogP contribution in [0.4, 0.5) is 5.82 Å². The Bertz CT molecular complexity index is 396. The Labute approximate surface area is 106 Å². The van der Waals surface area contributed by atoms with Crippen LogP contribution in [0.1, 0.15) is 22.5 Å². The molecule has 0 saturated carbocycles. The maximum absolute atomic E-state index is 10.8. The highest BCUT2D eigenvalue weighted by Gasteiger charge is 2.07. The second-order valence-corrected chi connectivity index (χ2v) is 3.75. The highest BCUT2D eigenvalue weighted by molar-refractivity contribution is 5.89. The van der Waals surface area contributed by atoms with Gasteiger partial charge in [-0.3, -0.25) is 0 Å². The Balaban J connectivity index is 2.35. The normalized spacial score (nSPS) is 10.3. The minimum absolute atomic E-state index is 0.0326. The number of aliphatic hydroxyl groups is 1. The molecule has 18 heavy (non-hydrogen) atoms. The molecule has 0 aliphatic heterocycles. The molecule has 0 aliphatic carbocycles. The molecule has 0 atom stereocenters. The summed E-state index contributed by atoms with van der Waals surface area (Å²) in [6.45, 7) is 3.30. The maximum atomic E-state index is 10.8. The van der Waals surface area contributed by atoms with Crippen LogP contribution in [0.15, 0.2) is 12.1 Å². The molecular weight excluding hydrogens is 236 g/mol. The first-order valence-corrected chi connectivity index (χ1v) is 5.78. The molecule has 0 fully saturated rings. The molecule has 3 N–H and O–H groups in total. The van der Waals surface area contributed by atoms with Gasteiger partial charge in [-0.05, 0) is 25.5 Å². The Morgan fingerprint density at radius 2 is 2.22 bits per heavy atom. The number of aromatic nitrogens is 1. The van der Waals surface area contributed by atoms with Crippen LogP contribution in [-0.4, -0.2) is 47.5 Å². The van der Waals surface area contributed by atoms with Gasteiger partial charge in [-0.1, -0.05) is 0 Å². The summed E-state index contributed by atoms with van der Waals surface area (Å²) in [4.78, 5) is 15.0. The van der Waals surface area contributed by atoms with Gasteiger partial charge in [-0.15, -0.1) is 0 Å². The molecule has 0 spiro atoms. The number of carboxylic acid groups (broad SMARTS) is 1. The molecular formula is C12H18N2O4. The zero-order valence-corrected chi connectivity index (χ0v) is 10.3. The summed E-state index contributed by atoms with van der Waals surface area (Å²) in [6, 6.07) is 3.18. The number of pyridine rings is 1. The number of aliphatic hydroxyl groups excluding tert-OH is 1. The van der Waals surface area contributed by atoms with Crippen molar-refractivity contribution in [1.82, 2.24) is 4.98 Å². The molecule has 1 heterocycles. The predicted molar refractivity (Wildman–Crippen MR) is 66.9 cm³/mol. The molecule has 6 heteroatoms. The van der Waals surface area contributed by atoms with Crippen LogP contribution in [0.3, 0.4) is 0 Å². The van der Waals surface area contributed by atoms with Gasteiger partial charge >= 0.3 is 5.97 Å². The minimum Gasteiger partial charge on any atom is -0.478 e. The van der Waals surface area contributed by atoms with Crippen molar-refractivity contribution in [3.05, 3.63) is 23.4 Å². The van der Waals surface area contributed by atoms with Gasteiger partial charge in [0.2, 0.25) is 0 Å². The van der Waals surface area contributed by atoms with Crippen LogP contribution in [-0.2, 0) is 4.74 Å². The average Bonchev–Trinajstić information content (AvgIpc) is 2.33. The number of hydrogen-bond donors (Lipinski definition) is 3. The Kier molecular flexibility index (Phi) is 6.10. The summed E-state index contributed by atoms with van der Waals surface area (Å²) >= 11 is 0. The smallest absolute Gasteiger partial charge is 0.337 e. The second-order valence-electron chi connectivity index (χ2n) is 3.75. The number of anilines is 1. The van der Waals surface area contributed by atoms with Gasteiger partial charge in [-0.2, -0.15) is 0 Å². The lowest BCUT2D eigenvalue weighted by Crippen LogP contribution is -2.10.